The highest BCUT2D eigenvalue weighted by Gasteiger charge is 2.09. The van der Waals surface area contributed by atoms with Gasteiger partial charge in [-0.25, -0.2) is 0 Å². The molecule has 0 saturated carbocycles. The lowest BCUT2D eigenvalue weighted by molar-refractivity contribution is -0.120. The van der Waals surface area contributed by atoms with E-state index < -0.39 is 0 Å². The first-order valence-corrected chi connectivity index (χ1v) is 7.02. The Morgan fingerprint density at radius 3 is 2.80 bits per heavy atom. The molecule has 108 valence electrons. The van der Waals surface area contributed by atoms with E-state index in [1.54, 1.807) is 0 Å². The van der Waals surface area contributed by atoms with Crippen molar-refractivity contribution < 1.29 is 4.79 Å². The molecule has 1 N–H and O–H groups in total. The summed E-state index contributed by atoms with van der Waals surface area (Å²) in [5.41, 5.74) is 2.26. The maximum absolute atomic E-state index is 12.0. The van der Waals surface area contributed by atoms with Crippen molar-refractivity contribution in [1.82, 2.24) is 14.8 Å². The second kappa shape index (κ2) is 6.57. The van der Waals surface area contributed by atoms with Gasteiger partial charge < -0.3 is 14.8 Å². The molecule has 0 saturated heterocycles. The van der Waals surface area contributed by atoms with Crippen LogP contribution in [-0.4, -0.2) is 42.6 Å². The summed E-state index contributed by atoms with van der Waals surface area (Å²) >= 11 is 0. The van der Waals surface area contributed by atoms with E-state index in [4.69, 9.17) is 0 Å². The van der Waals surface area contributed by atoms with Gasteiger partial charge in [0.1, 0.15) is 0 Å². The highest BCUT2D eigenvalue weighted by atomic mass is 16.1. The molecule has 0 unspecified atom stereocenters. The highest BCUT2D eigenvalue weighted by Crippen LogP contribution is 2.20. The van der Waals surface area contributed by atoms with E-state index in [0.717, 1.165) is 25.1 Å². The van der Waals surface area contributed by atoms with Gasteiger partial charge in [-0.3, -0.25) is 4.79 Å². The maximum Gasteiger partial charge on any atom is 0.224 e. The molecule has 0 aliphatic rings. The van der Waals surface area contributed by atoms with Gasteiger partial charge in [-0.05, 0) is 38.7 Å². The molecule has 0 atom stereocenters. The predicted molar refractivity (Wildman–Crippen MR) is 82.8 cm³/mol. The van der Waals surface area contributed by atoms with Crippen molar-refractivity contribution in [3.05, 3.63) is 36.0 Å². The van der Waals surface area contributed by atoms with E-state index in [-0.39, 0.29) is 5.91 Å². The monoisotopic (exact) mass is 273 g/mol. The Labute approximate surface area is 120 Å². The summed E-state index contributed by atoms with van der Waals surface area (Å²) in [7, 11) is 6.09. The Bertz CT molecular complexity index is 586. The van der Waals surface area contributed by atoms with Gasteiger partial charge in [0.25, 0.3) is 0 Å². The molecule has 0 fully saturated rings. The normalized spacial score (nSPS) is 11.2. The van der Waals surface area contributed by atoms with Crippen LogP contribution in [0.2, 0.25) is 0 Å². The number of nitrogens with one attached hydrogen (secondary N) is 1. The second-order valence-corrected chi connectivity index (χ2v) is 5.47. The van der Waals surface area contributed by atoms with E-state index in [1.165, 1.54) is 10.9 Å². The molecule has 0 radical (unpaired) electrons. The Kier molecular flexibility index (Phi) is 4.79. The third-order valence-electron chi connectivity index (χ3n) is 3.43. The molecule has 2 rings (SSSR count). The van der Waals surface area contributed by atoms with E-state index in [1.807, 2.05) is 39.5 Å². The van der Waals surface area contributed by atoms with Gasteiger partial charge in [-0.1, -0.05) is 18.2 Å². The lowest BCUT2D eigenvalue weighted by Gasteiger charge is -2.09. The smallest absolute Gasteiger partial charge is 0.224 e. The molecular formula is C16H23N3O. The number of hydrogen-bond acceptors (Lipinski definition) is 2. The minimum atomic E-state index is 0.0973. The number of hydrogen-bond donors (Lipinski definition) is 1. The van der Waals surface area contributed by atoms with Crippen LogP contribution in [0.5, 0.6) is 0 Å². The van der Waals surface area contributed by atoms with Crippen LogP contribution in [0.4, 0.5) is 0 Å². The third-order valence-corrected chi connectivity index (χ3v) is 3.43. The lowest BCUT2D eigenvalue weighted by atomic mass is 10.1. The summed E-state index contributed by atoms with van der Waals surface area (Å²) in [6, 6.07) is 8.19. The first kappa shape index (κ1) is 14.6. The molecule has 1 aromatic carbocycles. The standard InChI is InChI=1S/C16H23N3O/c1-18(2)10-6-9-17-16(20)11-13-12-19(3)15-8-5-4-7-14(13)15/h4-5,7-8,12H,6,9-11H2,1-3H3,(H,17,20). The molecule has 0 aliphatic heterocycles. The van der Waals surface area contributed by atoms with Crippen LogP contribution in [0, 0.1) is 0 Å². The second-order valence-electron chi connectivity index (χ2n) is 5.47. The van der Waals surface area contributed by atoms with Crippen LogP contribution in [0.25, 0.3) is 10.9 Å². The minimum Gasteiger partial charge on any atom is -0.356 e. The molecule has 0 aliphatic carbocycles. The molecule has 0 spiro atoms. The van der Waals surface area contributed by atoms with Gasteiger partial charge in [0, 0.05) is 30.7 Å². The molecule has 1 heterocycles. The zero-order chi connectivity index (χ0) is 14.5. The minimum absolute atomic E-state index is 0.0973. The number of rotatable bonds is 6. The molecule has 1 amide bonds. The highest BCUT2D eigenvalue weighted by molar-refractivity contribution is 5.89. The van der Waals surface area contributed by atoms with Crippen molar-refractivity contribution in [3.63, 3.8) is 0 Å². The van der Waals surface area contributed by atoms with Crippen molar-refractivity contribution in [2.45, 2.75) is 12.8 Å². The Hall–Kier alpha value is -1.81. The van der Waals surface area contributed by atoms with Crippen molar-refractivity contribution in [1.29, 1.82) is 0 Å². The van der Waals surface area contributed by atoms with E-state index in [9.17, 15) is 4.79 Å². The Balaban J connectivity index is 1.93. The fraction of sp³-hybridized carbons (Fsp3) is 0.438. The zero-order valence-electron chi connectivity index (χ0n) is 12.5. The van der Waals surface area contributed by atoms with Gasteiger partial charge in [-0.2, -0.15) is 0 Å². The molecule has 0 bridgehead atoms. The molecular weight excluding hydrogens is 250 g/mol. The number of fused-ring (bicyclic) bond motifs is 1. The number of amides is 1. The number of carbonyl (C=O) groups excluding carboxylic acids is 1. The lowest BCUT2D eigenvalue weighted by Crippen LogP contribution is -2.28. The van der Waals surface area contributed by atoms with Gasteiger partial charge >= 0.3 is 0 Å². The number of aromatic nitrogens is 1. The fourth-order valence-electron chi connectivity index (χ4n) is 2.43. The summed E-state index contributed by atoms with van der Waals surface area (Å²) in [5, 5.41) is 4.15. The quantitative estimate of drug-likeness (QED) is 0.815. The molecule has 2 aromatic rings. The molecule has 20 heavy (non-hydrogen) atoms. The van der Waals surface area contributed by atoms with Crippen molar-refractivity contribution in [2.75, 3.05) is 27.2 Å². The predicted octanol–water partition coefficient (Wildman–Crippen LogP) is 1.79. The molecule has 4 heteroatoms. The van der Waals surface area contributed by atoms with Gasteiger partial charge in [0.2, 0.25) is 5.91 Å². The Morgan fingerprint density at radius 1 is 1.30 bits per heavy atom. The van der Waals surface area contributed by atoms with Crippen molar-refractivity contribution >= 4 is 16.8 Å². The SMILES string of the molecule is CN(C)CCCNC(=O)Cc1cn(C)c2ccccc12. The van der Waals surface area contributed by atoms with Crippen LogP contribution in [-0.2, 0) is 18.3 Å². The van der Waals surface area contributed by atoms with Crippen LogP contribution >= 0.6 is 0 Å². The third kappa shape index (κ3) is 3.61. The van der Waals surface area contributed by atoms with E-state index >= 15 is 0 Å². The number of carbonyl (C=O) groups is 1. The number of nitrogens with zero attached hydrogens (tertiary/aromatic N) is 2. The van der Waals surface area contributed by atoms with E-state index in [0.29, 0.717) is 6.42 Å². The van der Waals surface area contributed by atoms with Crippen LogP contribution in [0.1, 0.15) is 12.0 Å². The summed E-state index contributed by atoms with van der Waals surface area (Å²) < 4.78 is 2.07. The van der Waals surface area contributed by atoms with Gasteiger partial charge in [-0.15, -0.1) is 0 Å². The first-order valence-electron chi connectivity index (χ1n) is 7.02. The van der Waals surface area contributed by atoms with Crippen molar-refractivity contribution in [3.8, 4) is 0 Å². The average Bonchev–Trinajstić information content (AvgIpc) is 2.72. The summed E-state index contributed by atoms with van der Waals surface area (Å²) in [6.45, 7) is 1.73. The summed E-state index contributed by atoms with van der Waals surface area (Å²) in [5.74, 6) is 0.0973. The van der Waals surface area contributed by atoms with Crippen LogP contribution in [0.3, 0.4) is 0 Å². The largest absolute Gasteiger partial charge is 0.356 e. The maximum atomic E-state index is 12.0. The average molecular weight is 273 g/mol. The zero-order valence-corrected chi connectivity index (χ0v) is 12.5. The molecule has 1 aromatic heterocycles. The van der Waals surface area contributed by atoms with Crippen LogP contribution in [0.15, 0.2) is 30.5 Å². The van der Waals surface area contributed by atoms with Crippen LogP contribution < -0.4 is 5.32 Å². The van der Waals surface area contributed by atoms with Crippen molar-refractivity contribution in [2.24, 2.45) is 7.05 Å². The van der Waals surface area contributed by atoms with Gasteiger partial charge in [0.15, 0.2) is 0 Å². The number of para-hydroxylation sites is 1. The summed E-state index contributed by atoms with van der Waals surface area (Å²) in [4.78, 5) is 14.1. The first-order chi connectivity index (χ1) is 9.58. The number of benzene rings is 1. The van der Waals surface area contributed by atoms with Gasteiger partial charge in [0.05, 0.1) is 6.42 Å². The van der Waals surface area contributed by atoms with E-state index in [2.05, 4.69) is 26.9 Å². The topological polar surface area (TPSA) is 37.3 Å². The molecule has 4 nitrogen and oxygen atoms in total. The fourth-order valence-corrected chi connectivity index (χ4v) is 2.43. The number of aryl methyl sites for hydroxylation is 1. The Morgan fingerprint density at radius 2 is 2.05 bits per heavy atom. The summed E-state index contributed by atoms with van der Waals surface area (Å²) in [6.07, 6.45) is 3.47.